The molecule has 0 rings (SSSR count). The van der Waals surface area contributed by atoms with Crippen molar-refractivity contribution >= 4 is 19.8 Å². The largest absolute Gasteiger partial charge is 0.472 e. The van der Waals surface area contributed by atoms with Crippen LogP contribution in [0.15, 0.2) is 60.8 Å². The lowest BCUT2D eigenvalue weighted by Gasteiger charge is -2.24. The van der Waals surface area contributed by atoms with Crippen LogP contribution in [0.1, 0.15) is 316 Å². The normalized spacial score (nSPS) is 13.5. The van der Waals surface area contributed by atoms with Gasteiger partial charge in [0.05, 0.1) is 27.7 Å². The number of hydrogen-bond acceptors (Lipinski definition) is 7. The van der Waals surface area contributed by atoms with E-state index in [1.807, 2.05) is 21.1 Å². The maximum absolute atomic E-state index is 12.9. The van der Waals surface area contributed by atoms with Crippen molar-refractivity contribution in [3.05, 3.63) is 60.8 Å². The van der Waals surface area contributed by atoms with Crippen molar-refractivity contribution < 1.29 is 42.1 Å². The molecule has 0 spiro atoms. The van der Waals surface area contributed by atoms with E-state index in [0.717, 1.165) is 77.0 Å². The van der Waals surface area contributed by atoms with E-state index in [1.165, 1.54) is 205 Å². The Bertz CT molecular complexity index is 1520. The Hall–Kier alpha value is -2.29. The van der Waals surface area contributed by atoms with E-state index in [2.05, 4.69) is 74.6 Å². The fourth-order valence-corrected chi connectivity index (χ4v) is 10.4. The summed E-state index contributed by atoms with van der Waals surface area (Å²) in [7, 11) is 1.48. The summed E-state index contributed by atoms with van der Waals surface area (Å²) < 4.78 is 34.7. The first kappa shape index (κ1) is 76.7. The molecule has 0 aliphatic carbocycles. The number of likely N-dealkylation sites (N-methyl/N-ethyl adjacent to an activating group) is 1. The van der Waals surface area contributed by atoms with Crippen molar-refractivity contribution in [3.63, 3.8) is 0 Å². The zero-order chi connectivity index (χ0) is 57.7. The highest BCUT2D eigenvalue weighted by molar-refractivity contribution is 7.47. The first-order valence-corrected chi connectivity index (χ1v) is 35.0. The van der Waals surface area contributed by atoms with E-state index in [9.17, 15) is 19.0 Å². The lowest BCUT2D eigenvalue weighted by Crippen LogP contribution is -2.37. The average Bonchev–Trinajstić information content (AvgIpc) is 3.41. The monoisotopic (exact) mass is 1130 g/mol. The van der Waals surface area contributed by atoms with Crippen LogP contribution in [0.25, 0.3) is 0 Å². The van der Waals surface area contributed by atoms with Crippen LogP contribution in [0.3, 0.4) is 0 Å². The maximum atomic E-state index is 12.9. The van der Waals surface area contributed by atoms with E-state index in [1.54, 1.807) is 0 Å². The highest BCUT2D eigenvalue weighted by Gasteiger charge is 2.27. The highest BCUT2D eigenvalue weighted by Crippen LogP contribution is 2.43. The predicted octanol–water partition coefficient (Wildman–Crippen LogP) is 21.4. The molecule has 2 unspecified atom stereocenters. The Morgan fingerprint density at radius 1 is 0.405 bits per heavy atom. The Kier molecular flexibility index (Phi) is 58.6. The van der Waals surface area contributed by atoms with E-state index in [0.29, 0.717) is 23.9 Å². The summed E-state index contributed by atoms with van der Waals surface area (Å²) in [4.78, 5) is 35.8. The van der Waals surface area contributed by atoms with Gasteiger partial charge < -0.3 is 18.9 Å². The average molecular weight is 1130 g/mol. The smallest absolute Gasteiger partial charge is 0.462 e. The molecule has 0 bridgehead atoms. The molecule has 9 nitrogen and oxygen atoms in total. The molecule has 0 saturated carbocycles. The third-order valence-corrected chi connectivity index (χ3v) is 15.8. The number of hydrogen-bond donors (Lipinski definition) is 1. The van der Waals surface area contributed by atoms with Crippen LogP contribution in [-0.2, 0) is 32.7 Å². The van der Waals surface area contributed by atoms with Crippen LogP contribution in [0, 0.1) is 0 Å². The molecule has 0 aromatic heterocycles. The van der Waals surface area contributed by atoms with Crippen molar-refractivity contribution in [1.29, 1.82) is 0 Å². The molecular weight excluding hydrogens is 1000 g/mol. The van der Waals surface area contributed by atoms with Crippen LogP contribution in [0.2, 0.25) is 0 Å². The van der Waals surface area contributed by atoms with Crippen molar-refractivity contribution in [2.75, 3.05) is 47.5 Å². The summed E-state index contributed by atoms with van der Waals surface area (Å²) in [6, 6.07) is 0. The molecule has 0 aromatic carbocycles. The van der Waals surface area contributed by atoms with Crippen molar-refractivity contribution in [3.8, 4) is 0 Å². The Morgan fingerprint density at radius 3 is 1.08 bits per heavy atom. The van der Waals surface area contributed by atoms with Gasteiger partial charge in [-0.05, 0) is 57.8 Å². The van der Waals surface area contributed by atoms with Gasteiger partial charge in [-0.25, -0.2) is 4.57 Å². The number of nitrogens with zero attached hydrogens (tertiary/aromatic N) is 1. The molecule has 0 amide bonds. The minimum Gasteiger partial charge on any atom is -0.462 e. The van der Waals surface area contributed by atoms with E-state index in [-0.39, 0.29) is 25.6 Å². The molecule has 2 atom stereocenters. The van der Waals surface area contributed by atoms with Crippen LogP contribution in [0.4, 0.5) is 0 Å². The summed E-state index contributed by atoms with van der Waals surface area (Å²) in [5.41, 5.74) is 0. The summed E-state index contributed by atoms with van der Waals surface area (Å²) in [5, 5.41) is 0. The Balaban J connectivity index is 4.05. The third kappa shape index (κ3) is 64.7. The first-order chi connectivity index (χ1) is 38.5. The first-order valence-electron chi connectivity index (χ1n) is 33.5. The molecule has 79 heavy (non-hydrogen) atoms. The van der Waals surface area contributed by atoms with Crippen molar-refractivity contribution in [2.45, 2.75) is 322 Å². The topological polar surface area (TPSA) is 108 Å². The molecule has 0 fully saturated rings. The summed E-state index contributed by atoms with van der Waals surface area (Å²) in [6.45, 7) is 4.36. The fourth-order valence-electron chi connectivity index (χ4n) is 9.69. The van der Waals surface area contributed by atoms with Crippen LogP contribution in [-0.4, -0.2) is 74.9 Å². The number of phosphoric acid groups is 1. The van der Waals surface area contributed by atoms with Gasteiger partial charge in [0.25, 0.3) is 0 Å². The number of rotatable bonds is 62. The standard InChI is InChI=1S/C69H128NO8P/c1-6-8-10-12-14-16-18-20-22-24-26-28-30-32-33-34-35-36-38-39-41-43-45-47-49-51-53-55-57-59-61-68(71)75-65-67(66-77-79(73,74)76-64-63-70(3,4)5)78-69(72)62-60-58-56-54-52-50-48-46-44-42-40-37-31-29-27-25-23-21-19-17-15-13-11-9-7-2/h9,11,15,17,21,23,27,29,37,40,67H,6-8,10,12-14,16,18-20,22,24-26,28,30-36,38-39,41-66H2,1-5H3/p+1/b11-9-,17-15-,23-21-,29-27-,40-37-. The molecule has 0 saturated heterocycles. The minimum atomic E-state index is -4.39. The van der Waals surface area contributed by atoms with Crippen LogP contribution >= 0.6 is 7.82 Å². The molecule has 10 heteroatoms. The van der Waals surface area contributed by atoms with Gasteiger partial charge in [0, 0.05) is 12.8 Å². The van der Waals surface area contributed by atoms with Gasteiger partial charge in [0.1, 0.15) is 19.8 Å². The molecular formula is C69H129NO8P+. The van der Waals surface area contributed by atoms with Crippen molar-refractivity contribution in [1.82, 2.24) is 0 Å². The number of phosphoric ester groups is 1. The number of carbonyl (C=O) groups is 2. The van der Waals surface area contributed by atoms with Crippen molar-refractivity contribution in [2.24, 2.45) is 0 Å². The quantitative estimate of drug-likeness (QED) is 0.0211. The number of ether oxygens (including phenoxy) is 2. The van der Waals surface area contributed by atoms with Gasteiger partial charge in [-0.15, -0.1) is 0 Å². The molecule has 1 N–H and O–H groups in total. The maximum Gasteiger partial charge on any atom is 0.472 e. The molecule has 0 aliphatic heterocycles. The molecule has 462 valence electrons. The fraction of sp³-hybridized carbons (Fsp3) is 0.826. The van der Waals surface area contributed by atoms with Gasteiger partial charge in [-0.2, -0.15) is 0 Å². The molecule has 0 aromatic rings. The van der Waals surface area contributed by atoms with Gasteiger partial charge in [0.15, 0.2) is 6.10 Å². The molecule has 0 aliphatic rings. The van der Waals surface area contributed by atoms with E-state index >= 15 is 0 Å². The lowest BCUT2D eigenvalue weighted by molar-refractivity contribution is -0.870. The number of esters is 2. The second-order valence-corrected chi connectivity index (χ2v) is 25.3. The highest BCUT2D eigenvalue weighted by atomic mass is 31.2. The minimum absolute atomic E-state index is 0.0300. The number of carbonyl (C=O) groups excluding carboxylic acids is 2. The summed E-state index contributed by atoms with van der Waals surface area (Å²) in [6.07, 6.45) is 78.9. The molecule has 0 heterocycles. The second kappa shape index (κ2) is 60.3. The Morgan fingerprint density at radius 2 is 0.722 bits per heavy atom. The zero-order valence-electron chi connectivity index (χ0n) is 52.6. The van der Waals surface area contributed by atoms with Gasteiger partial charge in [-0.1, -0.05) is 306 Å². The number of quaternary nitrogens is 1. The van der Waals surface area contributed by atoms with E-state index < -0.39 is 26.5 Å². The number of unbranched alkanes of at least 4 members (excludes halogenated alkanes) is 38. The number of allylic oxidation sites excluding steroid dienone is 10. The second-order valence-electron chi connectivity index (χ2n) is 23.8. The van der Waals surface area contributed by atoms with Gasteiger partial charge in [-0.3, -0.25) is 18.6 Å². The predicted molar refractivity (Wildman–Crippen MR) is 340 cm³/mol. The Labute approximate surface area is 489 Å². The summed E-state index contributed by atoms with van der Waals surface area (Å²) in [5.74, 6) is -0.792. The van der Waals surface area contributed by atoms with Crippen LogP contribution < -0.4 is 0 Å². The SMILES string of the molecule is CC/C=C\C/C=C\C/C=C\C/C=C\C/C=C\CCCCCCCCCCCC(=O)OC(COC(=O)CCCCCCCCCCCCCCCCCCCCCCCCCCCCCCCC)COP(=O)(O)OCC[N+](C)(C)C. The zero-order valence-corrected chi connectivity index (χ0v) is 53.5. The molecule has 0 radical (unpaired) electrons. The summed E-state index contributed by atoms with van der Waals surface area (Å²) >= 11 is 0. The van der Waals surface area contributed by atoms with Crippen LogP contribution in [0.5, 0.6) is 0 Å². The van der Waals surface area contributed by atoms with Gasteiger partial charge in [0.2, 0.25) is 0 Å². The third-order valence-electron chi connectivity index (χ3n) is 14.8. The van der Waals surface area contributed by atoms with E-state index in [4.69, 9.17) is 18.5 Å². The lowest BCUT2D eigenvalue weighted by atomic mass is 10.0. The van der Waals surface area contributed by atoms with Gasteiger partial charge >= 0.3 is 19.8 Å².